The molecule has 2 amide bonds. The van der Waals surface area contributed by atoms with Crippen LogP contribution in [0.3, 0.4) is 0 Å². The lowest BCUT2D eigenvalue weighted by molar-refractivity contribution is -0.116. The molecule has 28 heavy (non-hydrogen) atoms. The summed E-state index contributed by atoms with van der Waals surface area (Å²) in [6.45, 7) is 5.47. The van der Waals surface area contributed by atoms with Crippen molar-refractivity contribution in [3.63, 3.8) is 0 Å². The van der Waals surface area contributed by atoms with Gasteiger partial charge in [0.2, 0.25) is 11.8 Å². The van der Waals surface area contributed by atoms with Crippen molar-refractivity contribution in [3.8, 4) is 0 Å². The zero-order valence-corrected chi connectivity index (χ0v) is 16.8. The molecule has 142 valence electrons. The Labute approximate surface area is 168 Å². The molecule has 0 saturated heterocycles. The first-order valence-corrected chi connectivity index (χ1v) is 9.69. The monoisotopic (exact) mass is 391 g/mol. The van der Waals surface area contributed by atoms with Crippen LogP contribution in [0.15, 0.2) is 60.0 Å². The van der Waals surface area contributed by atoms with Crippen LogP contribution in [0.4, 0.5) is 16.5 Å². The largest absolute Gasteiger partial charge is 0.322 e. The van der Waals surface area contributed by atoms with Crippen molar-refractivity contribution in [1.82, 2.24) is 4.98 Å². The average molecular weight is 391 g/mol. The van der Waals surface area contributed by atoms with Crippen molar-refractivity contribution in [2.45, 2.75) is 20.8 Å². The fraction of sp³-hybridized carbons (Fsp3) is 0.136. The van der Waals surface area contributed by atoms with E-state index in [9.17, 15) is 9.59 Å². The van der Waals surface area contributed by atoms with E-state index in [4.69, 9.17) is 0 Å². The molecular weight excluding hydrogens is 370 g/mol. The number of amides is 2. The van der Waals surface area contributed by atoms with Gasteiger partial charge in [0.25, 0.3) is 0 Å². The first-order chi connectivity index (χ1) is 13.4. The molecule has 1 heterocycles. The molecule has 3 rings (SSSR count). The molecule has 0 spiro atoms. The van der Waals surface area contributed by atoms with E-state index >= 15 is 0 Å². The molecule has 0 fully saturated rings. The summed E-state index contributed by atoms with van der Waals surface area (Å²) in [6.07, 6.45) is 3.08. The Morgan fingerprint density at radius 2 is 1.86 bits per heavy atom. The average Bonchev–Trinajstić information content (AvgIpc) is 3.11. The molecule has 0 aliphatic heterocycles. The topological polar surface area (TPSA) is 62.3 Å². The van der Waals surface area contributed by atoms with Crippen molar-refractivity contribution >= 4 is 45.7 Å². The van der Waals surface area contributed by atoms with Crippen LogP contribution in [0, 0.1) is 13.8 Å². The maximum absolute atomic E-state index is 12.2. The smallest absolute Gasteiger partial charge is 0.248 e. The standard InChI is InChI=1S/C22H21N3O2S/c1-15-9-11-20(16(2)13-15)24-21(27)12-10-18-14-28-22(23-18)25(17(3)26)19-7-5-4-6-8-19/h4-14H,1-3H3,(H,24,27). The normalized spacial score (nSPS) is 10.8. The molecule has 0 radical (unpaired) electrons. The van der Waals surface area contributed by atoms with Gasteiger partial charge in [-0.1, -0.05) is 35.9 Å². The number of thiazole rings is 1. The maximum atomic E-state index is 12.2. The maximum Gasteiger partial charge on any atom is 0.248 e. The van der Waals surface area contributed by atoms with Gasteiger partial charge in [-0.25, -0.2) is 4.98 Å². The number of anilines is 3. The van der Waals surface area contributed by atoms with Gasteiger partial charge in [-0.15, -0.1) is 11.3 Å². The fourth-order valence-electron chi connectivity index (χ4n) is 2.75. The van der Waals surface area contributed by atoms with Gasteiger partial charge < -0.3 is 5.32 Å². The summed E-state index contributed by atoms with van der Waals surface area (Å²) in [5, 5.41) is 5.24. The molecule has 0 bridgehead atoms. The van der Waals surface area contributed by atoms with E-state index in [2.05, 4.69) is 10.3 Å². The van der Waals surface area contributed by atoms with Gasteiger partial charge in [-0.3, -0.25) is 14.5 Å². The number of benzene rings is 2. The van der Waals surface area contributed by atoms with Crippen molar-refractivity contribution in [3.05, 3.63) is 76.8 Å². The summed E-state index contributed by atoms with van der Waals surface area (Å²) >= 11 is 1.35. The van der Waals surface area contributed by atoms with Gasteiger partial charge in [0.1, 0.15) is 0 Å². The molecule has 1 aromatic heterocycles. The highest BCUT2D eigenvalue weighted by Crippen LogP contribution is 2.29. The molecule has 3 aromatic rings. The Balaban J connectivity index is 1.72. The molecule has 0 unspecified atom stereocenters. The SMILES string of the molecule is CC(=O)N(c1ccccc1)c1nc(C=CC(=O)Nc2ccc(C)cc2C)cs1. The molecule has 6 heteroatoms. The van der Waals surface area contributed by atoms with Crippen LogP contribution in [-0.2, 0) is 9.59 Å². The molecule has 0 aliphatic carbocycles. The van der Waals surface area contributed by atoms with Crippen LogP contribution in [0.2, 0.25) is 0 Å². The number of hydrogen-bond donors (Lipinski definition) is 1. The molecule has 0 aliphatic rings. The van der Waals surface area contributed by atoms with E-state index in [-0.39, 0.29) is 11.8 Å². The highest BCUT2D eigenvalue weighted by molar-refractivity contribution is 7.14. The Bertz CT molecular complexity index is 1030. The predicted molar refractivity (Wildman–Crippen MR) is 115 cm³/mol. The third kappa shape index (κ3) is 4.72. The number of nitrogens with one attached hydrogen (secondary N) is 1. The van der Waals surface area contributed by atoms with Gasteiger partial charge in [0.15, 0.2) is 5.13 Å². The number of rotatable bonds is 5. The first kappa shape index (κ1) is 19.5. The Morgan fingerprint density at radius 1 is 1.11 bits per heavy atom. The highest BCUT2D eigenvalue weighted by atomic mass is 32.1. The predicted octanol–water partition coefficient (Wildman–Crippen LogP) is 5.10. The minimum Gasteiger partial charge on any atom is -0.322 e. The lowest BCUT2D eigenvalue weighted by Gasteiger charge is -2.17. The second-order valence-electron chi connectivity index (χ2n) is 6.39. The number of hydrogen-bond acceptors (Lipinski definition) is 4. The number of carbonyl (C=O) groups excluding carboxylic acids is 2. The van der Waals surface area contributed by atoms with Crippen LogP contribution >= 0.6 is 11.3 Å². The molecular formula is C22H21N3O2S. The summed E-state index contributed by atoms with van der Waals surface area (Å²) in [6, 6.07) is 15.2. The fourth-order valence-corrected chi connectivity index (χ4v) is 3.60. The molecule has 2 aromatic carbocycles. The Kier molecular flexibility index (Phi) is 6.01. The Morgan fingerprint density at radius 3 is 2.54 bits per heavy atom. The van der Waals surface area contributed by atoms with E-state index in [1.807, 2.05) is 67.8 Å². The van der Waals surface area contributed by atoms with Crippen molar-refractivity contribution in [1.29, 1.82) is 0 Å². The van der Waals surface area contributed by atoms with Crippen LogP contribution in [0.25, 0.3) is 6.08 Å². The van der Waals surface area contributed by atoms with Gasteiger partial charge >= 0.3 is 0 Å². The van der Waals surface area contributed by atoms with Crippen molar-refractivity contribution in [2.75, 3.05) is 10.2 Å². The first-order valence-electron chi connectivity index (χ1n) is 8.81. The van der Waals surface area contributed by atoms with Crippen molar-refractivity contribution < 1.29 is 9.59 Å². The van der Waals surface area contributed by atoms with Gasteiger partial charge in [0.05, 0.1) is 11.4 Å². The number of carbonyl (C=O) groups is 2. The molecule has 0 saturated carbocycles. The summed E-state index contributed by atoms with van der Waals surface area (Å²) in [5.41, 5.74) is 4.32. The third-order valence-corrected chi connectivity index (χ3v) is 4.92. The van der Waals surface area contributed by atoms with Crippen LogP contribution in [0.1, 0.15) is 23.7 Å². The lowest BCUT2D eigenvalue weighted by Crippen LogP contribution is -2.22. The van der Waals surface area contributed by atoms with E-state index in [0.29, 0.717) is 10.8 Å². The van der Waals surface area contributed by atoms with E-state index < -0.39 is 0 Å². The van der Waals surface area contributed by atoms with E-state index in [0.717, 1.165) is 22.5 Å². The second-order valence-corrected chi connectivity index (χ2v) is 7.22. The third-order valence-electron chi connectivity index (χ3n) is 4.08. The van der Waals surface area contributed by atoms with Gasteiger partial charge in [-0.05, 0) is 43.7 Å². The zero-order valence-electron chi connectivity index (χ0n) is 16.0. The van der Waals surface area contributed by atoms with Gasteiger partial charge in [0, 0.05) is 24.1 Å². The molecule has 1 N–H and O–H groups in total. The number of nitrogens with zero attached hydrogens (tertiary/aromatic N) is 2. The summed E-state index contributed by atoms with van der Waals surface area (Å²) < 4.78 is 0. The second kappa shape index (κ2) is 8.63. The number of para-hydroxylation sites is 1. The van der Waals surface area contributed by atoms with E-state index in [1.165, 1.54) is 24.3 Å². The van der Waals surface area contributed by atoms with E-state index in [1.54, 1.807) is 11.0 Å². The molecule has 5 nitrogen and oxygen atoms in total. The minimum atomic E-state index is -0.229. The minimum absolute atomic E-state index is 0.122. The Hall–Kier alpha value is -3.25. The number of aromatic nitrogens is 1. The van der Waals surface area contributed by atoms with Crippen molar-refractivity contribution in [2.24, 2.45) is 0 Å². The highest BCUT2D eigenvalue weighted by Gasteiger charge is 2.17. The van der Waals surface area contributed by atoms with Gasteiger partial charge in [-0.2, -0.15) is 0 Å². The summed E-state index contributed by atoms with van der Waals surface area (Å²) in [5.74, 6) is -0.350. The summed E-state index contributed by atoms with van der Waals surface area (Å²) in [7, 11) is 0. The number of aryl methyl sites for hydroxylation is 2. The van der Waals surface area contributed by atoms with Crippen LogP contribution in [0.5, 0.6) is 0 Å². The lowest BCUT2D eigenvalue weighted by atomic mass is 10.1. The zero-order chi connectivity index (χ0) is 20.1. The summed E-state index contributed by atoms with van der Waals surface area (Å²) in [4.78, 5) is 30.3. The molecule has 0 atom stereocenters. The van der Waals surface area contributed by atoms with Crippen LogP contribution in [-0.4, -0.2) is 16.8 Å². The quantitative estimate of drug-likeness (QED) is 0.616. The van der Waals surface area contributed by atoms with Crippen LogP contribution < -0.4 is 10.2 Å².